The van der Waals surface area contributed by atoms with E-state index in [1.54, 1.807) is 0 Å². The zero-order valence-corrected chi connectivity index (χ0v) is 9.46. The summed E-state index contributed by atoms with van der Waals surface area (Å²) in [6.45, 7) is 6.72. The molecule has 0 spiro atoms. The maximum Gasteiger partial charge on any atom is 0.260 e. The molecular weight excluding hydrogens is 180 g/mol. The van der Waals surface area contributed by atoms with E-state index in [0.717, 1.165) is 19.4 Å². The lowest BCUT2D eigenvalue weighted by Gasteiger charge is -2.23. The van der Waals surface area contributed by atoms with Crippen molar-refractivity contribution in [2.24, 2.45) is 0 Å². The molecule has 1 aliphatic heterocycles. The highest BCUT2D eigenvalue weighted by molar-refractivity contribution is 5.81. The van der Waals surface area contributed by atoms with E-state index >= 15 is 0 Å². The van der Waals surface area contributed by atoms with Crippen LogP contribution in [0, 0.1) is 0 Å². The van der Waals surface area contributed by atoms with E-state index in [1.807, 2.05) is 27.8 Å². The zero-order chi connectivity index (χ0) is 10.8. The number of rotatable bonds is 2. The van der Waals surface area contributed by atoms with E-state index < -0.39 is 0 Å². The van der Waals surface area contributed by atoms with Gasteiger partial charge in [-0.3, -0.25) is 14.5 Å². The van der Waals surface area contributed by atoms with Crippen molar-refractivity contribution in [2.45, 2.75) is 45.3 Å². The van der Waals surface area contributed by atoms with Crippen LogP contribution < -0.4 is 5.48 Å². The summed E-state index contributed by atoms with van der Waals surface area (Å²) in [5.74, 6) is -0.0278. The Morgan fingerprint density at radius 1 is 1.50 bits per heavy atom. The van der Waals surface area contributed by atoms with Crippen molar-refractivity contribution in [1.82, 2.24) is 10.4 Å². The molecule has 0 aromatic rings. The number of hydrogen-bond donors (Lipinski definition) is 1. The summed E-state index contributed by atoms with van der Waals surface area (Å²) in [7, 11) is 1.97. The van der Waals surface area contributed by atoms with Crippen molar-refractivity contribution in [2.75, 3.05) is 13.6 Å². The van der Waals surface area contributed by atoms with Gasteiger partial charge in [0.2, 0.25) is 0 Å². The summed E-state index contributed by atoms with van der Waals surface area (Å²) in [5.41, 5.74) is 2.19. The highest BCUT2D eigenvalue weighted by Crippen LogP contribution is 2.15. The predicted octanol–water partition coefficient (Wildman–Crippen LogP) is 0.927. The molecule has 82 valence electrons. The van der Waals surface area contributed by atoms with Gasteiger partial charge in [-0.05, 0) is 47.2 Å². The molecular formula is C10H20N2O2. The van der Waals surface area contributed by atoms with Crippen molar-refractivity contribution in [3.05, 3.63) is 0 Å². The summed E-state index contributed by atoms with van der Waals surface area (Å²) in [6.07, 6.45) is 2.01. The van der Waals surface area contributed by atoms with E-state index in [-0.39, 0.29) is 17.6 Å². The third kappa shape index (κ3) is 3.27. The minimum absolute atomic E-state index is 0.0163. The van der Waals surface area contributed by atoms with Crippen LogP contribution in [0.2, 0.25) is 0 Å². The number of likely N-dealkylation sites (tertiary alicyclic amines) is 1. The Morgan fingerprint density at radius 2 is 2.14 bits per heavy atom. The van der Waals surface area contributed by atoms with E-state index in [1.165, 1.54) is 0 Å². The summed E-state index contributed by atoms with van der Waals surface area (Å²) in [4.78, 5) is 18.9. The molecule has 0 radical (unpaired) electrons. The van der Waals surface area contributed by atoms with Gasteiger partial charge in [0.1, 0.15) is 0 Å². The van der Waals surface area contributed by atoms with Crippen molar-refractivity contribution < 1.29 is 9.63 Å². The molecule has 0 bridgehead atoms. The Hall–Kier alpha value is -0.610. The van der Waals surface area contributed by atoms with Crippen LogP contribution in [0.4, 0.5) is 0 Å². The molecule has 0 aromatic heterocycles. The Kier molecular flexibility index (Phi) is 3.50. The number of likely N-dealkylation sites (N-methyl/N-ethyl adjacent to an activating group) is 1. The minimum Gasteiger partial charge on any atom is -0.295 e. The first-order valence-corrected chi connectivity index (χ1v) is 5.08. The molecule has 0 aliphatic carbocycles. The third-order valence-electron chi connectivity index (χ3n) is 2.28. The highest BCUT2D eigenvalue weighted by Gasteiger charge is 2.28. The Morgan fingerprint density at radius 3 is 2.57 bits per heavy atom. The normalized spacial score (nSPS) is 23.9. The van der Waals surface area contributed by atoms with Crippen LogP contribution in [-0.4, -0.2) is 36.0 Å². The quantitative estimate of drug-likeness (QED) is 0.674. The average Bonchev–Trinajstić information content (AvgIpc) is 2.46. The molecule has 0 aromatic carbocycles. The summed E-state index contributed by atoms with van der Waals surface area (Å²) >= 11 is 0. The van der Waals surface area contributed by atoms with Gasteiger partial charge < -0.3 is 0 Å². The van der Waals surface area contributed by atoms with Crippen LogP contribution in [0.3, 0.4) is 0 Å². The first-order valence-electron chi connectivity index (χ1n) is 5.08. The molecule has 1 fully saturated rings. The van der Waals surface area contributed by atoms with Gasteiger partial charge >= 0.3 is 0 Å². The molecule has 1 unspecified atom stereocenters. The van der Waals surface area contributed by atoms with E-state index in [2.05, 4.69) is 10.4 Å². The van der Waals surface area contributed by atoms with Crippen molar-refractivity contribution >= 4 is 5.91 Å². The first kappa shape index (κ1) is 11.5. The standard InChI is InChI=1S/C10H20N2O2/c1-10(2,3)14-11-9(13)8-6-5-7-12(8)4/h8H,5-7H2,1-4H3,(H,11,13). The van der Waals surface area contributed by atoms with E-state index in [4.69, 9.17) is 4.84 Å². The Balaban J connectivity index is 2.35. The van der Waals surface area contributed by atoms with Gasteiger partial charge in [-0.1, -0.05) is 0 Å². The lowest BCUT2D eigenvalue weighted by Crippen LogP contribution is -2.44. The lowest BCUT2D eigenvalue weighted by atomic mass is 10.2. The second-order valence-corrected chi connectivity index (χ2v) is 4.82. The van der Waals surface area contributed by atoms with Crippen LogP contribution >= 0.6 is 0 Å². The molecule has 1 N–H and O–H groups in total. The monoisotopic (exact) mass is 200 g/mol. The summed E-state index contributed by atoms with van der Waals surface area (Å²) < 4.78 is 0. The number of hydroxylamine groups is 1. The van der Waals surface area contributed by atoms with Crippen molar-refractivity contribution in [3.63, 3.8) is 0 Å². The molecule has 1 heterocycles. The van der Waals surface area contributed by atoms with Gasteiger partial charge in [0.15, 0.2) is 0 Å². The molecule has 1 saturated heterocycles. The fraction of sp³-hybridized carbons (Fsp3) is 0.900. The van der Waals surface area contributed by atoms with Crippen LogP contribution in [0.5, 0.6) is 0 Å². The van der Waals surface area contributed by atoms with Gasteiger partial charge in [0.05, 0.1) is 11.6 Å². The molecule has 1 amide bonds. The fourth-order valence-corrected chi connectivity index (χ4v) is 1.51. The molecule has 1 atom stereocenters. The fourth-order valence-electron chi connectivity index (χ4n) is 1.51. The SMILES string of the molecule is CN1CCCC1C(=O)NOC(C)(C)C. The van der Waals surface area contributed by atoms with Gasteiger partial charge in [0.25, 0.3) is 5.91 Å². The third-order valence-corrected chi connectivity index (χ3v) is 2.28. The van der Waals surface area contributed by atoms with Crippen LogP contribution in [0.1, 0.15) is 33.6 Å². The summed E-state index contributed by atoms with van der Waals surface area (Å²) in [5, 5.41) is 0. The van der Waals surface area contributed by atoms with Gasteiger partial charge in [0, 0.05) is 0 Å². The Bertz CT molecular complexity index is 211. The van der Waals surface area contributed by atoms with Crippen LogP contribution in [-0.2, 0) is 9.63 Å². The maximum atomic E-state index is 11.6. The second-order valence-electron chi connectivity index (χ2n) is 4.82. The van der Waals surface area contributed by atoms with E-state index in [0.29, 0.717) is 0 Å². The molecule has 0 saturated carbocycles. The average molecular weight is 200 g/mol. The second kappa shape index (κ2) is 4.28. The molecule has 1 aliphatic rings. The van der Waals surface area contributed by atoms with Gasteiger partial charge in [-0.25, -0.2) is 5.48 Å². The van der Waals surface area contributed by atoms with Crippen LogP contribution in [0.25, 0.3) is 0 Å². The molecule has 4 heteroatoms. The molecule has 1 rings (SSSR count). The van der Waals surface area contributed by atoms with Gasteiger partial charge in [-0.15, -0.1) is 0 Å². The van der Waals surface area contributed by atoms with Crippen molar-refractivity contribution in [1.29, 1.82) is 0 Å². The van der Waals surface area contributed by atoms with E-state index in [9.17, 15) is 4.79 Å². The number of carbonyl (C=O) groups excluding carboxylic acids is 1. The van der Waals surface area contributed by atoms with Gasteiger partial charge in [-0.2, -0.15) is 0 Å². The van der Waals surface area contributed by atoms with Crippen molar-refractivity contribution in [3.8, 4) is 0 Å². The number of amides is 1. The molecule has 14 heavy (non-hydrogen) atoms. The zero-order valence-electron chi connectivity index (χ0n) is 9.46. The maximum absolute atomic E-state index is 11.6. The molecule has 4 nitrogen and oxygen atoms in total. The first-order chi connectivity index (χ1) is 6.40. The summed E-state index contributed by atoms with van der Waals surface area (Å²) in [6, 6.07) is -0.0163. The Labute approximate surface area is 85.6 Å². The highest BCUT2D eigenvalue weighted by atomic mass is 16.7. The largest absolute Gasteiger partial charge is 0.295 e. The number of carbonyl (C=O) groups is 1. The number of nitrogens with one attached hydrogen (secondary N) is 1. The predicted molar refractivity (Wildman–Crippen MR) is 54.6 cm³/mol. The van der Waals surface area contributed by atoms with Crippen LogP contribution in [0.15, 0.2) is 0 Å². The number of nitrogens with zero attached hydrogens (tertiary/aromatic N) is 1. The lowest BCUT2D eigenvalue weighted by molar-refractivity contribution is -0.149. The smallest absolute Gasteiger partial charge is 0.260 e. The topological polar surface area (TPSA) is 41.6 Å². The number of hydrogen-bond acceptors (Lipinski definition) is 3. The minimum atomic E-state index is -0.327.